The standard InChI is InChI=1S/C14H29/c1-7-11(3)9-13(5)14(6)10-12(4)8-2/h11-13H,7-10H2,1-6H3. The Hall–Kier alpha value is 0. The van der Waals surface area contributed by atoms with Gasteiger partial charge in [0, 0.05) is 0 Å². The lowest BCUT2D eigenvalue weighted by atomic mass is 9.81. The van der Waals surface area contributed by atoms with Crippen molar-refractivity contribution in [3.8, 4) is 0 Å². The Bertz CT molecular complexity index is 112. The van der Waals surface area contributed by atoms with Crippen molar-refractivity contribution in [2.45, 2.75) is 67.2 Å². The van der Waals surface area contributed by atoms with Crippen LogP contribution < -0.4 is 0 Å². The third-order valence-electron chi connectivity index (χ3n) is 3.66. The van der Waals surface area contributed by atoms with E-state index in [4.69, 9.17) is 0 Å². The maximum atomic E-state index is 2.39. The van der Waals surface area contributed by atoms with Crippen LogP contribution in [0.15, 0.2) is 0 Å². The van der Waals surface area contributed by atoms with Crippen LogP contribution in [0.3, 0.4) is 0 Å². The van der Waals surface area contributed by atoms with Gasteiger partial charge in [-0.2, -0.15) is 0 Å². The van der Waals surface area contributed by atoms with Crippen molar-refractivity contribution in [1.29, 1.82) is 0 Å². The van der Waals surface area contributed by atoms with Gasteiger partial charge in [0.2, 0.25) is 0 Å². The van der Waals surface area contributed by atoms with Gasteiger partial charge in [0.15, 0.2) is 0 Å². The summed E-state index contributed by atoms with van der Waals surface area (Å²) in [6.45, 7) is 14.0. The van der Waals surface area contributed by atoms with E-state index in [1.165, 1.54) is 25.7 Å². The van der Waals surface area contributed by atoms with E-state index >= 15 is 0 Å². The van der Waals surface area contributed by atoms with Gasteiger partial charge in [-0.3, -0.25) is 0 Å². The van der Waals surface area contributed by atoms with Crippen LogP contribution in [0.25, 0.3) is 0 Å². The summed E-state index contributed by atoms with van der Waals surface area (Å²) in [6, 6.07) is 0. The zero-order valence-electron chi connectivity index (χ0n) is 11.1. The molecule has 0 aliphatic heterocycles. The van der Waals surface area contributed by atoms with E-state index in [0.717, 1.165) is 17.8 Å². The first-order valence-electron chi connectivity index (χ1n) is 6.33. The van der Waals surface area contributed by atoms with Crippen molar-refractivity contribution >= 4 is 0 Å². The van der Waals surface area contributed by atoms with Gasteiger partial charge in [-0.1, -0.05) is 54.4 Å². The van der Waals surface area contributed by atoms with Gasteiger partial charge in [0.25, 0.3) is 0 Å². The maximum absolute atomic E-state index is 2.39. The topological polar surface area (TPSA) is 0 Å². The molecule has 3 unspecified atom stereocenters. The summed E-state index contributed by atoms with van der Waals surface area (Å²) >= 11 is 0. The zero-order chi connectivity index (χ0) is 11.1. The second kappa shape index (κ2) is 7.31. The smallest absolute Gasteiger partial charge is 0.0241 e. The van der Waals surface area contributed by atoms with Gasteiger partial charge in [0.1, 0.15) is 0 Å². The molecule has 0 N–H and O–H groups in total. The van der Waals surface area contributed by atoms with Gasteiger partial charge >= 0.3 is 0 Å². The molecule has 0 heteroatoms. The summed E-state index contributed by atoms with van der Waals surface area (Å²) < 4.78 is 0. The summed E-state index contributed by atoms with van der Waals surface area (Å²) in [4.78, 5) is 0. The van der Waals surface area contributed by atoms with Crippen molar-refractivity contribution in [3.05, 3.63) is 5.92 Å². The summed E-state index contributed by atoms with van der Waals surface area (Å²) in [5.41, 5.74) is 0. The minimum atomic E-state index is 0.818. The van der Waals surface area contributed by atoms with Gasteiger partial charge in [-0.25, -0.2) is 0 Å². The Kier molecular flexibility index (Phi) is 7.31. The van der Waals surface area contributed by atoms with Crippen LogP contribution >= 0.6 is 0 Å². The summed E-state index contributed by atoms with van der Waals surface area (Å²) in [5, 5.41) is 0. The molecule has 3 atom stereocenters. The summed E-state index contributed by atoms with van der Waals surface area (Å²) in [7, 11) is 0. The minimum Gasteiger partial charge on any atom is -0.0651 e. The lowest BCUT2D eigenvalue weighted by Gasteiger charge is -2.24. The SMILES string of the molecule is CCC(C)C[C](C)C(C)CC(C)CC. The van der Waals surface area contributed by atoms with Crippen LogP contribution in [-0.2, 0) is 0 Å². The third kappa shape index (κ3) is 5.67. The van der Waals surface area contributed by atoms with E-state index < -0.39 is 0 Å². The molecule has 0 bridgehead atoms. The first kappa shape index (κ1) is 14.0. The van der Waals surface area contributed by atoms with E-state index in [0.29, 0.717) is 0 Å². The van der Waals surface area contributed by atoms with E-state index in [2.05, 4.69) is 41.5 Å². The van der Waals surface area contributed by atoms with Crippen molar-refractivity contribution < 1.29 is 0 Å². The summed E-state index contributed by atoms with van der Waals surface area (Å²) in [6.07, 6.45) is 5.33. The van der Waals surface area contributed by atoms with Gasteiger partial charge in [0.05, 0.1) is 0 Å². The second-order valence-corrected chi connectivity index (χ2v) is 5.21. The molecule has 0 rings (SSSR count). The molecule has 0 aliphatic rings. The Labute approximate surface area is 91.5 Å². The van der Waals surface area contributed by atoms with Crippen LogP contribution in [0.5, 0.6) is 0 Å². The van der Waals surface area contributed by atoms with Gasteiger partial charge in [-0.15, -0.1) is 0 Å². The Morgan fingerprint density at radius 2 is 1.43 bits per heavy atom. The highest BCUT2D eigenvalue weighted by molar-refractivity contribution is 4.91. The predicted octanol–water partition coefficient (Wildman–Crippen LogP) is 5.09. The van der Waals surface area contributed by atoms with Gasteiger partial charge < -0.3 is 0 Å². The largest absolute Gasteiger partial charge is 0.0651 e. The molecule has 0 spiro atoms. The van der Waals surface area contributed by atoms with E-state index in [1.807, 2.05) is 0 Å². The highest BCUT2D eigenvalue weighted by atomic mass is 14.2. The number of hydrogen-bond acceptors (Lipinski definition) is 0. The molecular weight excluding hydrogens is 168 g/mol. The normalized spacial score (nSPS) is 18.2. The van der Waals surface area contributed by atoms with Gasteiger partial charge in [-0.05, 0) is 36.5 Å². The van der Waals surface area contributed by atoms with Crippen LogP contribution in [0.2, 0.25) is 0 Å². The lowest BCUT2D eigenvalue weighted by Crippen LogP contribution is -2.12. The average Bonchev–Trinajstić information content (AvgIpc) is 2.17. The molecule has 0 amide bonds. The molecule has 14 heavy (non-hydrogen) atoms. The predicted molar refractivity (Wildman–Crippen MR) is 66.2 cm³/mol. The molecule has 0 aromatic heterocycles. The molecule has 0 nitrogen and oxygen atoms in total. The van der Waals surface area contributed by atoms with Crippen molar-refractivity contribution in [2.75, 3.05) is 0 Å². The number of rotatable bonds is 7. The molecule has 0 aromatic carbocycles. The van der Waals surface area contributed by atoms with E-state index in [-0.39, 0.29) is 0 Å². The van der Waals surface area contributed by atoms with Crippen molar-refractivity contribution in [1.82, 2.24) is 0 Å². The van der Waals surface area contributed by atoms with Crippen LogP contribution in [-0.4, -0.2) is 0 Å². The summed E-state index contributed by atoms with van der Waals surface area (Å²) in [5.74, 6) is 4.28. The monoisotopic (exact) mass is 197 g/mol. The first-order valence-corrected chi connectivity index (χ1v) is 6.33. The molecule has 0 aromatic rings. The van der Waals surface area contributed by atoms with Crippen LogP contribution in [0.1, 0.15) is 67.2 Å². The molecule has 0 saturated heterocycles. The molecule has 85 valence electrons. The van der Waals surface area contributed by atoms with Crippen molar-refractivity contribution in [3.63, 3.8) is 0 Å². The first-order chi connectivity index (χ1) is 6.51. The fourth-order valence-electron chi connectivity index (χ4n) is 1.87. The second-order valence-electron chi connectivity index (χ2n) is 5.21. The third-order valence-corrected chi connectivity index (χ3v) is 3.66. The average molecular weight is 197 g/mol. The molecular formula is C14H29. The number of hydrogen-bond donors (Lipinski definition) is 0. The fourth-order valence-corrected chi connectivity index (χ4v) is 1.87. The zero-order valence-corrected chi connectivity index (χ0v) is 11.1. The Morgan fingerprint density at radius 1 is 0.929 bits per heavy atom. The van der Waals surface area contributed by atoms with Crippen LogP contribution in [0, 0.1) is 23.7 Å². The fraction of sp³-hybridized carbons (Fsp3) is 0.929. The highest BCUT2D eigenvalue weighted by Crippen LogP contribution is 2.29. The lowest BCUT2D eigenvalue weighted by molar-refractivity contribution is 0.381. The van der Waals surface area contributed by atoms with Crippen molar-refractivity contribution in [2.24, 2.45) is 17.8 Å². The Balaban J connectivity index is 3.80. The molecule has 0 saturated carbocycles. The highest BCUT2D eigenvalue weighted by Gasteiger charge is 2.16. The van der Waals surface area contributed by atoms with E-state index in [9.17, 15) is 0 Å². The maximum Gasteiger partial charge on any atom is -0.0241 e. The molecule has 0 heterocycles. The van der Waals surface area contributed by atoms with Crippen LogP contribution in [0.4, 0.5) is 0 Å². The molecule has 0 aliphatic carbocycles. The van der Waals surface area contributed by atoms with E-state index in [1.54, 1.807) is 5.92 Å². The quantitative estimate of drug-likeness (QED) is 0.533. The molecule has 1 radical (unpaired) electrons. The Morgan fingerprint density at radius 3 is 1.86 bits per heavy atom. The molecule has 0 fully saturated rings. The minimum absolute atomic E-state index is 0.818.